The summed E-state index contributed by atoms with van der Waals surface area (Å²) in [5.74, 6) is 0.618. The summed E-state index contributed by atoms with van der Waals surface area (Å²) in [6.07, 6.45) is 2.69. The van der Waals surface area contributed by atoms with Crippen LogP contribution in [0.5, 0.6) is 5.75 Å². The monoisotopic (exact) mass is 386 g/mol. The van der Waals surface area contributed by atoms with Crippen LogP contribution in [0.25, 0.3) is 10.8 Å². The molecule has 0 aliphatic rings. The lowest BCUT2D eigenvalue weighted by Crippen LogP contribution is -2.19. The van der Waals surface area contributed by atoms with Gasteiger partial charge in [0.2, 0.25) is 5.91 Å². The van der Waals surface area contributed by atoms with Crippen LogP contribution in [0.2, 0.25) is 0 Å². The zero-order chi connectivity index (χ0) is 20.1. The number of nitrogens with one attached hydrogen (secondary N) is 1. The lowest BCUT2D eigenvalue weighted by Gasteiger charge is -2.06. The van der Waals surface area contributed by atoms with E-state index in [9.17, 15) is 4.79 Å². The Morgan fingerprint density at radius 3 is 2.62 bits per heavy atom. The molecule has 6 nitrogen and oxygen atoms in total. The summed E-state index contributed by atoms with van der Waals surface area (Å²) < 4.78 is 7.33. The van der Waals surface area contributed by atoms with Gasteiger partial charge in [-0.3, -0.25) is 4.79 Å². The van der Waals surface area contributed by atoms with Gasteiger partial charge in [0.15, 0.2) is 0 Å². The minimum absolute atomic E-state index is 0.0957. The predicted molar refractivity (Wildman–Crippen MR) is 113 cm³/mol. The SMILES string of the molecule is CCc1ccc(NC(=O)Cn2cc(COc3ccc4ccccc4c3)nn2)cc1. The number of nitrogens with zero attached hydrogens (tertiary/aromatic N) is 3. The Labute approximate surface area is 169 Å². The van der Waals surface area contributed by atoms with Crippen LogP contribution in [-0.2, 0) is 24.4 Å². The number of rotatable bonds is 7. The van der Waals surface area contributed by atoms with E-state index in [-0.39, 0.29) is 12.5 Å². The molecule has 6 heteroatoms. The van der Waals surface area contributed by atoms with Gasteiger partial charge in [0, 0.05) is 5.69 Å². The third kappa shape index (κ3) is 4.79. The van der Waals surface area contributed by atoms with E-state index in [0.717, 1.165) is 23.2 Å². The van der Waals surface area contributed by atoms with E-state index in [2.05, 4.69) is 28.6 Å². The normalized spacial score (nSPS) is 10.8. The smallest absolute Gasteiger partial charge is 0.246 e. The average Bonchev–Trinajstić information content (AvgIpc) is 3.19. The van der Waals surface area contributed by atoms with Crippen LogP contribution in [0.4, 0.5) is 5.69 Å². The van der Waals surface area contributed by atoms with Crippen LogP contribution in [0.3, 0.4) is 0 Å². The Balaban J connectivity index is 1.32. The zero-order valence-corrected chi connectivity index (χ0v) is 16.2. The molecule has 0 unspecified atom stereocenters. The quantitative estimate of drug-likeness (QED) is 0.517. The van der Waals surface area contributed by atoms with Gasteiger partial charge in [0.25, 0.3) is 0 Å². The Bertz CT molecular complexity index is 1120. The summed E-state index contributed by atoms with van der Waals surface area (Å²) in [4.78, 5) is 12.2. The van der Waals surface area contributed by atoms with Crippen molar-refractivity contribution in [1.82, 2.24) is 15.0 Å². The molecule has 0 radical (unpaired) electrons. The van der Waals surface area contributed by atoms with Gasteiger partial charge in [-0.15, -0.1) is 5.10 Å². The van der Waals surface area contributed by atoms with Gasteiger partial charge in [0.1, 0.15) is 24.6 Å². The minimum atomic E-state index is -0.152. The van der Waals surface area contributed by atoms with Gasteiger partial charge in [-0.25, -0.2) is 4.68 Å². The molecule has 0 saturated carbocycles. The maximum absolute atomic E-state index is 12.2. The lowest BCUT2D eigenvalue weighted by atomic mass is 10.1. The highest BCUT2D eigenvalue weighted by molar-refractivity contribution is 5.90. The molecule has 0 fully saturated rings. The van der Waals surface area contributed by atoms with Crippen molar-refractivity contribution in [2.24, 2.45) is 0 Å². The molecule has 1 aromatic heterocycles. The maximum Gasteiger partial charge on any atom is 0.246 e. The van der Waals surface area contributed by atoms with Crippen LogP contribution < -0.4 is 10.1 Å². The third-order valence-electron chi connectivity index (χ3n) is 4.65. The van der Waals surface area contributed by atoms with Crippen molar-refractivity contribution in [2.45, 2.75) is 26.5 Å². The lowest BCUT2D eigenvalue weighted by molar-refractivity contribution is -0.116. The van der Waals surface area contributed by atoms with Crippen LogP contribution >= 0.6 is 0 Å². The van der Waals surface area contributed by atoms with Crippen molar-refractivity contribution in [3.8, 4) is 5.75 Å². The van der Waals surface area contributed by atoms with E-state index < -0.39 is 0 Å². The Hall–Kier alpha value is -3.67. The molecule has 4 rings (SSSR count). The molecule has 0 spiro atoms. The number of hydrogen-bond donors (Lipinski definition) is 1. The molecule has 1 N–H and O–H groups in total. The molecule has 1 amide bonds. The first-order valence-corrected chi connectivity index (χ1v) is 9.59. The van der Waals surface area contributed by atoms with Gasteiger partial charge >= 0.3 is 0 Å². The molecular formula is C23H22N4O2. The average molecular weight is 386 g/mol. The van der Waals surface area contributed by atoms with Crippen LogP contribution in [0.15, 0.2) is 72.9 Å². The standard InChI is InChI=1S/C23H22N4O2/c1-2-17-7-10-20(11-8-17)24-23(28)15-27-14-21(25-26-27)16-29-22-12-9-18-5-3-4-6-19(18)13-22/h3-14H,2,15-16H2,1H3,(H,24,28). The third-order valence-corrected chi connectivity index (χ3v) is 4.65. The number of aromatic nitrogens is 3. The van der Waals surface area contributed by atoms with Gasteiger partial charge < -0.3 is 10.1 Å². The van der Waals surface area contributed by atoms with Crippen molar-refractivity contribution in [1.29, 1.82) is 0 Å². The van der Waals surface area contributed by atoms with Crippen molar-refractivity contribution in [2.75, 3.05) is 5.32 Å². The summed E-state index contributed by atoms with van der Waals surface area (Å²) in [5.41, 5.74) is 2.67. The van der Waals surface area contributed by atoms with Gasteiger partial charge in [-0.05, 0) is 47.0 Å². The molecule has 0 bridgehead atoms. The van der Waals surface area contributed by atoms with Crippen molar-refractivity contribution >= 4 is 22.4 Å². The molecule has 0 aliphatic heterocycles. The summed E-state index contributed by atoms with van der Waals surface area (Å²) >= 11 is 0. The fraction of sp³-hybridized carbons (Fsp3) is 0.174. The molecule has 146 valence electrons. The summed E-state index contributed by atoms with van der Waals surface area (Å²) in [6.45, 7) is 2.48. The summed E-state index contributed by atoms with van der Waals surface area (Å²) in [7, 11) is 0. The maximum atomic E-state index is 12.2. The molecule has 1 heterocycles. The first kappa shape index (κ1) is 18.7. The largest absolute Gasteiger partial charge is 0.487 e. The van der Waals surface area contributed by atoms with E-state index in [1.165, 1.54) is 15.6 Å². The first-order valence-electron chi connectivity index (χ1n) is 9.59. The number of aryl methyl sites for hydroxylation is 1. The summed E-state index contributed by atoms with van der Waals surface area (Å²) in [6, 6.07) is 21.9. The van der Waals surface area contributed by atoms with Crippen LogP contribution in [-0.4, -0.2) is 20.9 Å². The molecule has 3 aromatic carbocycles. The molecule has 29 heavy (non-hydrogen) atoms. The predicted octanol–water partition coefficient (Wildman–Crippen LogP) is 4.21. The van der Waals surface area contributed by atoms with E-state index in [4.69, 9.17) is 4.74 Å². The second kappa shape index (κ2) is 8.56. The number of fused-ring (bicyclic) bond motifs is 1. The van der Waals surface area contributed by atoms with E-state index in [1.807, 2.05) is 60.7 Å². The second-order valence-corrected chi connectivity index (χ2v) is 6.80. The highest BCUT2D eigenvalue weighted by Crippen LogP contribution is 2.21. The number of carbonyl (C=O) groups is 1. The zero-order valence-electron chi connectivity index (χ0n) is 16.2. The number of hydrogen-bond acceptors (Lipinski definition) is 4. The molecule has 4 aromatic rings. The summed E-state index contributed by atoms with van der Waals surface area (Å²) in [5, 5.41) is 13.3. The fourth-order valence-corrected chi connectivity index (χ4v) is 3.07. The van der Waals surface area contributed by atoms with Gasteiger partial charge in [-0.2, -0.15) is 0 Å². The number of amides is 1. The second-order valence-electron chi connectivity index (χ2n) is 6.80. The first-order chi connectivity index (χ1) is 14.2. The Morgan fingerprint density at radius 2 is 1.83 bits per heavy atom. The van der Waals surface area contributed by atoms with Crippen molar-refractivity contribution in [3.63, 3.8) is 0 Å². The number of ether oxygens (including phenoxy) is 1. The highest BCUT2D eigenvalue weighted by Gasteiger charge is 2.08. The molecule has 0 saturated heterocycles. The molecular weight excluding hydrogens is 364 g/mol. The Morgan fingerprint density at radius 1 is 1.03 bits per heavy atom. The van der Waals surface area contributed by atoms with E-state index in [0.29, 0.717) is 12.3 Å². The fourth-order valence-electron chi connectivity index (χ4n) is 3.07. The number of anilines is 1. The number of carbonyl (C=O) groups excluding carboxylic acids is 1. The topological polar surface area (TPSA) is 69.0 Å². The van der Waals surface area contributed by atoms with Gasteiger partial charge in [-0.1, -0.05) is 54.6 Å². The van der Waals surface area contributed by atoms with Crippen LogP contribution in [0, 0.1) is 0 Å². The van der Waals surface area contributed by atoms with Crippen LogP contribution in [0.1, 0.15) is 18.2 Å². The van der Waals surface area contributed by atoms with E-state index in [1.54, 1.807) is 6.20 Å². The van der Waals surface area contributed by atoms with Crippen molar-refractivity contribution in [3.05, 3.63) is 84.2 Å². The molecule has 0 atom stereocenters. The Kier molecular flexibility index (Phi) is 5.52. The number of benzene rings is 3. The van der Waals surface area contributed by atoms with Gasteiger partial charge in [0.05, 0.1) is 6.20 Å². The molecule has 0 aliphatic carbocycles. The van der Waals surface area contributed by atoms with E-state index >= 15 is 0 Å². The minimum Gasteiger partial charge on any atom is -0.487 e. The highest BCUT2D eigenvalue weighted by atomic mass is 16.5. The van der Waals surface area contributed by atoms with Crippen molar-refractivity contribution < 1.29 is 9.53 Å².